The van der Waals surface area contributed by atoms with Crippen LogP contribution in [0.25, 0.3) is 10.9 Å². The quantitative estimate of drug-likeness (QED) is 0.490. The third kappa shape index (κ3) is 3.80. The minimum Gasteiger partial charge on any atom is -0.277 e. The molecule has 1 aromatic heterocycles. The minimum absolute atomic E-state index is 0.0435. The molecule has 1 heterocycles. The zero-order valence-corrected chi connectivity index (χ0v) is 17.6. The molecule has 0 aliphatic heterocycles. The van der Waals surface area contributed by atoms with Crippen molar-refractivity contribution < 1.29 is 0 Å². The van der Waals surface area contributed by atoms with Crippen molar-refractivity contribution >= 4 is 16.6 Å². The Morgan fingerprint density at radius 1 is 0.852 bits per heavy atom. The topological polar surface area (TPSA) is 25.2 Å². The van der Waals surface area contributed by atoms with E-state index in [-0.39, 0.29) is 11.0 Å². The van der Waals surface area contributed by atoms with Crippen LogP contribution in [0, 0.1) is 19.3 Å². The van der Waals surface area contributed by atoms with Gasteiger partial charge in [-0.3, -0.25) is 9.98 Å². The summed E-state index contributed by atoms with van der Waals surface area (Å²) in [5, 5.41) is 1.15. The van der Waals surface area contributed by atoms with Crippen molar-refractivity contribution in [2.75, 3.05) is 0 Å². The Hall–Kier alpha value is -2.48. The lowest BCUT2D eigenvalue weighted by atomic mass is 9.76. The van der Waals surface area contributed by atoms with Crippen LogP contribution < -0.4 is 0 Å². The zero-order valence-electron chi connectivity index (χ0n) is 17.6. The first-order chi connectivity index (χ1) is 12.6. The van der Waals surface area contributed by atoms with E-state index in [9.17, 15) is 0 Å². The molecule has 0 aliphatic carbocycles. The highest BCUT2D eigenvalue weighted by Gasteiger charge is 2.33. The lowest BCUT2D eigenvalue weighted by Crippen LogP contribution is -2.36. The Labute approximate surface area is 163 Å². The number of aliphatic imine (C=N–C) groups is 1. The van der Waals surface area contributed by atoms with E-state index < -0.39 is 0 Å². The molecule has 0 bridgehead atoms. The Balaban J connectivity index is 2.27. The van der Waals surface area contributed by atoms with Crippen molar-refractivity contribution in [1.29, 1.82) is 0 Å². The number of fused-ring (bicyclic) bond motifs is 1. The molecule has 0 unspecified atom stereocenters. The standard InChI is InChI=1S/C25H30N2/c1-17-11-8-9-14-21(17)23(27-25(6,7)24(3,4)5)20-15-19-13-10-12-18(2)22(19)26-16-20/h8-16H,1-7H3. The molecule has 0 atom stereocenters. The monoisotopic (exact) mass is 358 g/mol. The first-order valence-electron chi connectivity index (χ1n) is 9.62. The van der Waals surface area contributed by atoms with E-state index >= 15 is 0 Å². The molecule has 0 amide bonds. The molecule has 0 saturated heterocycles. The molecule has 0 N–H and O–H groups in total. The molecule has 2 aromatic carbocycles. The van der Waals surface area contributed by atoms with Crippen LogP contribution in [0.4, 0.5) is 0 Å². The van der Waals surface area contributed by atoms with Crippen molar-refractivity contribution in [1.82, 2.24) is 4.98 Å². The van der Waals surface area contributed by atoms with Gasteiger partial charge in [-0.05, 0) is 50.3 Å². The summed E-state index contributed by atoms with van der Waals surface area (Å²) in [5.74, 6) is 0. The van der Waals surface area contributed by atoms with E-state index in [0.717, 1.165) is 22.2 Å². The van der Waals surface area contributed by atoms with Gasteiger partial charge >= 0.3 is 0 Å². The van der Waals surface area contributed by atoms with E-state index in [1.54, 1.807) is 0 Å². The van der Waals surface area contributed by atoms with Gasteiger partial charge in [0.1, 0.15) is 0 Å². The molecule has 0 radical (unpaired) electrons. The number of benzene rings is 2. The van der Waals surface area contributed by atoms with Crippen LogP contribution in [-0.4, -0.2) is 16.2 Å². The van der Waals surface area contributed by atoms with Gasteiger partial charge in [0.05, 0.1) is 16.8 Å². The number of aromatic nitrogens is 1. The Morgan fingerprint density at radius 3 is 2.19 bits per heavy atom. The molecule has 0 aliphatic rings. The fourth-order valence-corrected chi connectivity index (χ4v) is 3.01. The molecule has 3 aromatic rings. The first kappa shape index (κ1) is 19.3. The van der Waals surface area contributed by atoms with Crippen LogP contribution in [0.15, 0.2) is 59.7 Å². The minimum atomic E-state index is -0.216. The van der Waals surface area contributed by atoms with Gasteiger partial charge in [0.2, 0.25) is 0 Å². The third-order valence-electron chi connectivity index (χ3n) is 5.81. The summed E-state index contributed by atoms with van der Waals surface area (Å²) in [5.41, 5.74) is 6.56. The predicted molar refractivity (Wildman–Crippen MR) is 117 cm³/mol. The molecule has 0 fully saturated rings. The fourth-order valence-electron chi connectivity index (χ4n) is 3.01. The van der Waals surface area contributed by atoms with Gasteiger partial charge in [-0.1, -0.05) is 63.2 Å². The summed E-state index contributed by atoms with van der Waals surface area (Å²) in [4.78, 5) is 10.1. The predicted octanol–water partition coefficient (Wildman–Crippen LogP) is 6.51. The van der Waals surface area contributed by atoms with Gasteiger partial charge in [0, 0.05) is 22.7 Å². The maximum atomic E-state index is 5.29. The van der Waals surface area contributed by atoms with Crippen LogP contribution in [0.3, 0.4) is 0 Å². The van der Waals surface area contributed by atoms with Gasteiger partial charge in [0.15, 0.2) is 0 Å². The van der Waals surface area contributed by atoms with Gasteiger partial charge in [0.25, 0.3) is 0 Å². The number of nitrogens with zero attached hydrogens (tertiary/aromatic N) is 2. The van der Waals surface area contributed by atoms with Gasteiger partial charge in [-0.15, -0.1) is 0 Å². The number of pyridine rings is 1. The van der Waals surface area contributed by atoms with Crippen molar-refractivity contribution in [3.63, 3.8) is 0 Å². The molecule has 27 heavy (non-hydrogen) atoms. The average molecular weight is 359 g/mol. The maximum absolute atomic E-state index is 5.29. The maximum Gasteiger partial charge on any atom is 0.0744 e. The number of para-hydroxylation sites is 1. The number of hydrogen-bond acceptors (Lipinski definition) is 2. The normalized spacial score (nSPS) is 13.2. The molecule has 3 rings (SSSR count). The van der Waals surface area contributed by atoms with Gasteiger partial charge < -0.3 is 0 Å². The summed E-state index contributed by atoms with van der Waals surface area (Å²) >= 11 is 0. The molecule has 0 saturated carbocycles. The Bertz CT molecular complexity index is 1000. The van der Waals surface area contributed by atoms with E-state index in [1.807, 2.05) is 6.20 Å². The highest BCUT2D eigenvalue weighted by Crippen LogP contribution is 2.34. The number of rotatable bonds is 3. The Morgan fingerprint density at radius 2 is 1.52 bits per heavy atom. The second-order valence-electron chi connectivity index (χ2n) is 8.95. The summed E-state index contributed by atoms with van der Waals surface area (Å²) in [6.45, 7) is 15.4. The molecular formula is C25H30N2. The van der Waals surface area contributed by atoms with Crippen molar-refractivity contribution in [2.24, 2.45) is 10.4 Å². The van der Waals surface area contributed by atoms with Gasteiger partial charge in [-0.25, -0.2) is 0 Å². The lowest BCUT2D eigenvalue weighted by molar-refractivity contribution is 0.233. The lowest BCUT2D eigenvalue weighted by Gasteiger charge is -2.36. The van der Waals surface area contributed by atoms with Gasteiger partial charge in [-0.2, -0.15) is 0 Å². The molecule has 2 nitrogen and oxygen atoms in total. The van der Waals surface area contributed by atoms with Crippen molar-refractivity contribution in [3.05, 3.63) is 77.0 Å². The molecule has 140 valence electrons. The number of aryl methyl sites for hydroxylation is 2. The van der Waals surface area contributed by atoms with E-state index in [2.05, 4.69) is 97.0 Å². The average Bonchev–Trinajstić information content (AvgIpc) is 2.59. The summed E-state index contributed by atoms with van der Waals surface area (Å²) in [7, 11) is 0. The van der Waals surface area contributed by atoms with Crippen LogP contribution in [0.5, 0.6) is 0 Å². The highest BCUT2D eigenvalue weighted by atomic mass is 14.9. The second-order valence-corrected chi connectivity index (χ2v) is 8.95. The second kappa shape index (κ2) is 6.92. The molecular weight excluding hydrogens is 328 g/mol. The Kier molecular flexibility index (Phi) is 4.94. The summed E-state index contributed by atoms with van der Waals surface area (Å²) < 4.78 is 0. The molecule has 0 spiro atoms. The van der Waals surface area contributed by atoms with Crippen LogP contribution in [-0.2, 0) is 0 Å². The summed E-state index contributed by atoms with van der Waals surface area (Å²) in [6.07, 6.45) is 1.97. The summed E-state index contributed by atoms with van der Waals surface area (Å²) in [6, 6.07) is 17.0. The van der Waals surface area contributed by atoms with E-state index in [4.69, 9.17) is 9.98 Å². The van der Waals surface area contributed by atoms with Crippen LogP contribution >= 0.6 is 0 Å². The van der Waals surface area contributed by atoms with Crippen LogP contribution in [0.1, 0.15) is 56.9 Å². The number of hydrogen-bond donors (Lipinski definition) is 0. The largest absolute Gasteiger partial charge is 0.277 e. The molecule has 2 heteroatoms. The van der Waals surface area contributed by atoms with Crippen molar-refractivity contribution in [3.8, 4) is 0 Å². The zero-order chi connectivity index (χ0) is 19.8. The van der Waals surface area contributed by atoms with E-state index in [0.29, 0.717) is 0 Å². The SMILES string of the molecule is Cc1ccccc1C(=NC(C)(C)C(C)(C)C)c1cnc2c(C)cccc2c1. The fraction of sp³-hybridized carbons (Fsp3) is 0.360. The van der Waals surface area contributed by atoms with Crippen LogP contribution in [0.2, 0.25) is 0 Å². The smallest absolute Gasteiger partial charge is 0.0744 e. The van der Waals surface area contributed by atoms with E-state index in [1.165, 1.54) is 16.7 Å². The third-order valence-corrected chi connectivity index (χ3v) is 5.81. The first-order valence-corrected chi connectivity index (χ1v) is 9.62. The van der Waals surface area contributed by atoms with Crippen molar-refractivity contribution in [2.45, 2.75) is 54.0 Å². The highest BCUT2D eigenvalue weighted by molar-refractivity contribution is 6.14.